The minimum atomic E-state index is -0.533. The van der Waals surface area contributed by atoms with Crippen LogP contribution in [-0.2, 0) is 0 Å². The van der Waals surface area contributed by atoms with Crippen LogP contribution in [0.2, 0.25) is 0 Å². The Kier molecular flexibility index (Phi) is 3.57. The van der Waals surface area contributed by atoms with E-state index in [4.69, 9.17) is 5.73 Å². The first-order chi connectivity index (χ1) is 7.62. The number of nitrogens with two attached hydrogens (primary N) is 1. The molecule has 1 heterocycles. The third-order valence-corrected chi connectivity index (χ3v) is 4.85. The van der Waals surface area contributed by atoms with Gasteiger partial charge in [0.15, 0.2) is 0 Å². The van der Waals surface area contributed by atoms with E-state index < -0.39 is 5.60 Å². The number of aliphatic hydroxyl groups is 1. The van der Waals surface area contributed by atoms with Crippen molar-refractivity contribution in [2.24, 2.45) is 11.1 Å². The van der Waals surface area contributed by atoms with E-state index >= 15 is 0 Å². The molecule has 1 atom stereocenters. The third kappa shape index (κ3) is 2.01. The summed E-state index contributed by atoms with van der Waals surface area (Å²) in [6.45, 7) is 2.57. The van der Waals surface area contributed by atoms with Gasteiger partial charge < -0.3 is 15.7 Å². The topological polar surface area (TPSA) is 49.5 Å². The average molecular weight is 226 g/mol. The van der Waals surface area contributed by atoms with Crippen LogP contribution in [0.15, 0.2) is 0 Å². The van der Waals surface area contributed by atoms with Crippen molar-refractivity contribution >= 4 is 0 Å². The van der Waals surface area contributed by atoms with E-state index in [-0.39, 0.29) is 5.41 Å². The van der Waals surface area contributed by atoms with Crippen molar-refractivity contribution in [3.63, 3.8) is 0 Å². The summed E-state index contributed by atoms with van der Waals surface area (Å²) in [6.07, 6.45) is 8.07. The van der Waals surface area contributed by atoms with Gasteiger partial charge in [-0.1, -0.05) is 19.3 Å². The summed E-state index contributed by atoms with van der Waals surface area (Å²) in [6, 6.07) is 0. The number of likely N-dealkylation sites (N-methyl/N-ethyl adjacent to an activating group) is 1. The van der Waals surface area contributed by atoms with Crippen LogP contribution in [0.3, 0.4) is 0 Å². The van der Waals surface area contributed by atoms with Crippen molar-refractivity contribution in [3.05, 3.63) is 0 Å². The maximum absolute atomic E-state index is 11.0. The van der Waals surface area contributed by atoms with E-state index in [9.17, 15) is 5.11 Å². The Labute approximate surface area is 99.0 Å². The summed E-state index contributed by atoms with van der Waals surface area (Å²) in [7, 11) is 2.11. The lowest BCUT2D eigenvalue weighted by molar-refractivity contribution is -0.133. The van der Waals surface area contributed by atoms with Gasteiger partial charge in [-0.15, -0.1) is 0 Å². The molecule has 1 saturated heterocycles. The second kappa shape index (κ2) is 4.63. The van der Waals surface area contributed by atoms with Gasteiger partial charge in [-0.3, -0.25) is 0 Å². The van der Waals surface area contributed by atoms with E-state index in [0.29, 0.717) is 6.54 Å². The average Bonchev–Trinajstić information content (AvgIpc) is 2.29. The van der Waals surface area contributed by atoms with E-state index in [0.717, 1.165) is 38.8 Å². The monoisotopic (exact) mass is 226 g/mol. The second-order valence-corrected chi connectivity index (χ2v) is 5.92. The van der Waals surface area contributed by atoms with Gasteiger partial charge in [0, 0.05) is 18.5 Å². The number of hydrogen-bond acceptors (Lipinski definition) is 3. The first-order valence-electron chi connectivity index (χ1n) is 6.73. The Balaban J connectivity index is 2.17. The maximum Gasteiger partial charge on any atom is 0.0842 e. The zero-order valence-electron chi connectivity index (χ0n) is 10.5. The molecule has 3 N–H and O–H groups in total. The van der Waals surface area contributed by atoms with E-state index in [1.54, 1.807) is 0 Å². The smallest absolute Gasteiger partial charge is 0.0842 e. The number of hydrogen-bond donors (Lipinski definition) is 2. The number of nitrogens with zero attached hydrogens (tertiary/aromatic N) is 1. The summed E-state index contributed by atoms with van der Waals surface area (Å²) in [5, 5.41) is 11.0. The van der Waals surface area contributed by atoms with Crippen molar-refractivity contribution < 1.29 is 5.11 Å². The van der Waals surface area contributed by atoms with Gasteiger partial charge in [-0.2, -0.15) is 0 Å². The Bertz CT molecular complexity index is 238. The molecule has 16 heavy (non-hydrogen) atoms. The Morgan fingerprint density at radius 3 is 2.38 bits per heavy atom. The SMILES string of the molecule is CN1CCCC(O)(C2(CN)CCCCC2)C1. The van der Waals surface area contributed by atoms with Crippen molar-refractivity contribution in [1.82, 2.24) is 4.90 Å². The fraction of sp³-hybridized carbons (Fsp3) is 1.00. The van der Waals surface area contributed by atoms with Crippen LogP contribution < -0.4 is 5.73 Å². The molecule has 94 valence electrons. The summed E-state index contributed by atoms with van der Waals surface area (Å²) in [5.74, 6) is 0. The lowest BCUT2D eigenvalue weighted by atomic mass is 9.61. The predicted octanol–water partition coefficient (Wildman–Crippen LogP) is 1.35. The molecule has 1 unspecified atom stereocenters. The van der Waals surface area contributed by atoms with Crippen LogP contribution in [0.25, 0.3) is 0 Å². The normalized spacial score (nSPS) is 36.2. The number of piperidine rings is 1. The third-order valence-electron chi connectivity index (χ3n) is 4.85. The molecule has 0 aromatic carbocycles. The molecule has 2 rings (SSSR count). The molecule has 3 nitrogen and oxygen atoms in total. The Morgan fingerprint density at radius 1 is 1.12 bits per heavy atom. The molecule has 1 saturated carbocycles. The van der Waals surface area contributed by atoms with Crippen molar-refractivity contribution in [1.29, 1.82) is 0 Å². The molecule has 0 spiro atoms. The fourth-order valence-electron chi connectivity index (χ4n) is 3.77. The summed E-state index contributed by atoms with van der Waals surface area (Å²) in [5.41, 5.74) is 5.49. The van der Waals surface area contributed by atoms with Crippen LogP contribution in [0.1, 0.15) is 44.9 Å². The summed E-state index contributed by atoms with van der Waals surface area (Å²) >= 11 is 0. The molecule has 0 aromatic heterocycles. The van der Waals surface area contributed by atoms with Gasteiger partial charge >= 0.3 is 0 Å². The van der Waals surface area contributed by atoms with Crippen LogP contribution >= 0.6 is 0 Å². The minimum Gasteiger partial charge on any atom is -0.388 e. The summed E-state index contributed by atoms with van der Waals surface area (Å²) < 4.78 is 0. The fourth-order valence-corrected chi connectivity index (χ4v) is 3.77. The van der Waals surface area contributed by atoms with E-state index in [1.807, 2.05) is 0 Å². The second-order valence-electron chi connectivity index (χ2n) is 5.92. The molecule has 0 bridgehead atoms. The molecule has 1 aliphatic heterocycles. The standard InChI is InChI=1S/C13H26N2O/c1-15-9-5-8-13(16,11-15)12(10-14)6-3-2-4-7-12/h16H,2-11,14H2,1H3. The number of rotatable bonds is 2. The zero-order valence-corrected chi connectivity index (χ0v) is 10.5. The highest BCUT2D eigenvalue weighted by Gasteiger charge is 2.50. The molecule has 3 heteroatoms. The molecule has 2 fully saturated rings. The Hall–Kier alpha value is -0.120. The largest absolute Gasteiger partial charge is 0.388 e. The quantitative estimate of drug-likeness (QED) is 0.747. The van der Waals surface area contributed by atoms with Crippen LogP contribution in [0.5, 0.6) is 0 Å². The van der Waals surface area contributed by atoms with Crippen LogP contribution in [0.4, 0.5) is 0 Å². The Morgan fingerprint density at radius 2 is 1.81 bits per heavy atom. The van der Waals surface area contributed by atoms with E-state index in [1.165, 1.54) is 19.3 Å². The van der Waals surface area contributed by atoms with Gasteiger partial charge in [0.1, 0.15) is 0 Å². The molecule has 0 radical (unpaired) electrons. The van der Waals surface area contributed by atoms with Crippen LogP contribution in [-0.4, -0.2) is 42.3 Å². The van der Waals surface area contributed by atoms with Gasteiger partial charge in [0.2, 0.25) is 0 Å². The van der Waals surface area contributed by atoms with Gasteiger partial charge in [-0.05, 0) is 39.3 Å². The maximum atomic E-state index is 11.0. The highest BCUT2D eigenvalue weighted by atomic mass is 16.3. The van der Waals surface area contributed by atoms with Gasteiger partial charge in [-0.25, -0.2) is 0 Å². The van der Waals surface area contributed by atoms with Crippen molar-refractivity contribution in [3.8, 4) is 0 Å². The highest BCUT2D eigenvalue weighted by Crippen LogP contribution is 2.47. The lowest BCUT2D eigenvalue weighted by Crippen LogP contribution is -2.60. The first kappa shape index (κ1) is 12.3. The molecule has 0 aromatic rings. The molecular weight excluding hydrogens is 200 g/mol. The van der Waals surface area contributed by atoms with E-state index in [2.05, 4.69) is 11.9 Å². The first-order valence-corrected chi connectivity index (χ1v) is 6.73. The molecule has 1 aliphatic carbocycles. The van der Waals surface area contributed by atoms with Crippen LogP contribution in [0, 0.1) is 5.41 Å². The van der Waals surface area contributed by atoms with Crippen molar-refractivity contribution in [2.75, 3.05) is 26.7 Å². The highest BCUT2D eigenvalue weighted by molar-refractivity contribution is 5.03. The molecule has 0 amide bonds. The predicted molar refractivity (Wildman–Crippen MR) is 66.3 cm³/mol. The molecular formula is C13H26N2O. The zero-order chi connectivity index (χ0) is 11.6. The van der Waals surface area contributed by atoms with Gasteiger partial charge in [0.25, 0.3) is 0 Å². The summed E-state index contributed by atoms with van der Waals surface area (Å²) in [4.78, 5) is 2.26. The molecule has 2 aliphatic rings. The number of likely N-dealkylation sites (tertiary alicyclic amines) is 1. The van der Waals surface area contributed by atoms with Crippen molar-refractivity contribution in [2.45, 2.75) is 50.5 Å². The minimum absolute atomic E-state index is 0.0000694. The van der Waals surface area contributed by atoms with Gasteiger partial charge in [0.05, 0.1) is 5.60 Å². The number of β-amino-alcohol motifs (C(OH)–C–C–N with tert-alkyl or cyclic N) is 1. The lowest BCUT2D eigenvalue weighted by Gasteiger charge is -2.52.